The topological polar surface area (TPSA) is 32.3 Å². The van der Waals surface area contributed by atoms with Gasteiger partial charge in [0.15, 0.2) is 0 Å². The molecule has 1 saturated heterocycles. The largest absolute Gasteiger partial charge is 0.335 e. The van der Waals surface area contributed by atoms with Crippen molar-refractivity contribution in [1.29, 1.82) is 0 Å². The zero-order valence-electron chi connectivity index (χ0n) is 10.6. The van der Waals surface area contributed by atoms with Gasteiger partial charge in [0.1, 0.15) is 0 Å². The molecular weight excluding hydrogens is 328 g/mol. The number of amides is 1. The molecule has 1 saturated carbocycles. The van der Waals surface area contributed by atoms with Crippen LogP contribution in [0.4, 0.5) is 0 Å². The standard InChI is InChI=1S/C14H17BrN2O.ClH/c15-12-3-1-2-10(6-12)9-17(13-4-5-13)14(18)11-7-16-8-11;/h1-3,6,11,13,16H,4-5,7-9H2;1H. The van der Waals surface area contributed by atoms with E-state index in [0.717, 1.165) is 24.1 Å². The quantitative estimate of drug-likeness (QED) is 0.909. The number of nitrogens with one attached hydrogen (secondary N) is 1. The molecule has 2 aliphatic rings. The second-order valence-electron chi connectivity index (χ2n) is 5.18. The third-order valence-corrected chi connectivity index (χ3v) is 4.14. The minimum Gasteiger partial charge on any atom is -0.335 e. The number of nitrogens with zero attached hydrogens (tertiary/aromatic N) is 1. The molecule has 1 aliphatic carbocycles. The molecule has 1 aromatic carbocycles. The van der Waals surface area contributed by atoms with Gasteiger partial charge in [0, 0.05) is 30.1 Å². The van der Waals surface area contributed by atoms with Gasteiger partial charge in [0.25, 0.3) is 0 Å². The second kappa shape index (κ2) is 6.25. The average Bonchev–Trinajstić information content (AvgIpc) is 3.07. The molecule has 3 nitrogen and oxygen atoms in total. The maximum atomic E-state index is 12.4. The van der Waals surface area contributed by atoms with E-state index < -0.39 is 0 Å². The van der Waals surface area contributed by atoms with Gasteiger partial charge in [-0.15, -0.1) is 12.4 Å². The van der Waals surface area contributed by atoms with Crippen LogP contribution in [0.15, 0.2) is 28.7 Å². The molecule has 0 atom stereocenters. The summed E-state index contributed by atoms with van der Waals surface area (Å²) in [6.07, 6.45) is 2.33. The van der Waals surface area contributed by atoms with Crippen LogP contribution in [0.5, 0.6) is 0 Å². The molecule has 0 aromatic heterocycles. The first kappa shape index (κ1) is 14.8. The number of hydrogen-bond donors (Lipinski definition) is 1. The Labute approximate surface area is 128 Å². The zero-order chi connectivity index (χ0) is 12.5. The summed E-state index contributed by atoms with van der Waals surface area (Å²) in [7, 11) is 0. The van der Waals surface area contributed by atoms with Gasteiger partial charge >= 0.3 is 0 Å². The molecule has 1 aromatic rings. The maximum absolute atomic E-state index is 12.4. The zero-order valence-corrected chi connectivity index (χ0v) is 13.0. The van der Waals surface area contributed by atoms with E-state index in [-0.39, 0.29) is 18.3 Å². The molecule has 5 heteroatoms. The summed E-state index contributed by atoms with van der Waals surface area (Å²) in [5.41, 5.74) is 1.21. The number of carbonyl (C=O) groups is 1. The van der Waals surface area contributed by atoms with Crippen LogP contribution in [0.1, 0.15) is 18.4 Å². The first-order valence-corrected chi connectivity index (χ1v) is 7.29. The lowest BCUT2D eigenvalue weighted by Gasteiger charge is -2.32. The Hall–Kier alpha value is -0.580. The van der Waals surface area contributed by atoms with Crippen molar-refractivity contribution in [3.8, 4) is 0 Å². The van der Waals surface area contributed by atoms with Crippen LogP contribution in [0.25, 0.3) is 0 Å². The molecule has 1 amide bonds. The van der Waals surface area contributed by atoms with Gasteiger partial charge < -0.3 is 10.2 Å². The summed E-state index contributed by atoms with van der Waals surface area (Å²) in [5, 5.41) is 3.17. The number of benzene rings is 1. The SMILES string of the molecule is Cl.O=C(C1CNC1)N(Cc1cccc(Br)c1)C1CC1. The Morgan fingerprint density at radius 3 is 2.63 bits per heavy atom. The van der Waals surface area contributed by atoms with Crippen molar-refractivity contribution in [2.75, 3.05) is 13.1 Å². The molecule has 0 radical (unpaired) electrons. The Balaban J connectivity index is 0.00000133. The molecule has 1 N–H and O–H groups in total. The highest BCUT2D eigenvalue weighted by atomic mass is 79.9. The third-order valence-electron chi connectivity index (χ3n) is 3.64. The van der Waals surface area contributed by atoms with Gasteiger partial charge in [-0.2, -0.15) is 0 Å². The van der Waals surface area contributed by atoms with Crippen LogP contribution in [0.3, 0.4) is 0 Å². The molecule has 0 spiro atoms. The van der Waals surface area contributed by atoms with Crippen molar-refractivity contribution in [2.45, 2.75) is 25.4 Å². The Morgan fingerprint density at radius 2 is 2.11 bits per heavy atom. The summed E-state index contributed by atoms with van der Waals surface area (Å²) in [6.45, 7) is 2.44. The first-order chi connectivity index (χ1) is 8.74. The van der Waals surface area contributed by atoms with Gasteiger partial charge in [-0.05, 0) is 30.5 Å². The summed E-state index contributed by atoms with van der Waals surface area (Å²) in [5.74, 6) is 0.536. The van der Waals surface area contributed by atoms with Gasteiger partial charge in [0.2, 0.25) is 5.91 Å². The lowest BCUT2D eigenvalue weighted by molar-refractivity contribution is -0.138. The minimum atomic E-state index is 0. The van der Waals surface area contributed by atoms with Crippen LogP contribution in [-0.2, 0) is 11.3 Å². The van der Waals surface area contributed by atoms with E-state index in [1.165, 1.54) is 18.4 Å². The summed E-state index contributed by atoms with van der Waals surface area (Å²) >= 11 is 3.48. The van der Waals surface area contributed by atoms with Crippen molar-refractivity contribution in [3.63, 3.8) is 0 Å². The van der Waals surface area contributed by atoms with Crippen LogP contribution in [0.2, 0.25) is 0 Å². The van der Waals surface area contributed by atoms with Gasteiger partial charge in [-0.1, -0.05) is 28.1 Å². The van der Waals surface area contributed by atoms with Gasteiger partial charge in [-0.25, -0.2) is 0 Å². The molecule has 0 unspecified atom stereocenters. The smallest absolute Gasteiger partial charge is 0.228 e. The normalized spacial score (nSPS) is 18.4. The summed E-state index contributed by atoms with van der Waals surface area (Å²) in [6, 6.07) is 8.72. The molecular formula is C14H18BrClN2O. The Bertz CT molecular complexity index is 461. The lowest BCUT2D eigenvalue weighted by Crippen LogP contribution is -2.52. The molecule has 1 heterocycles. The van der Waals surface area contributed by atoms with E-state index in [2.05, 4.69) is 38.3 Å². The highest BCUT2D eigenvalue weighted by molar-refractivity contribution is 9.10. The summed E-state index contributed by atoms with van der Waals surface area (Å²) < 4.78 is 1.08. The van der Waals surface area contributed by atoms with Crippen LogP contribution in [0, 0.1) is 5.92 Å². The molecule has 1 aliphatic heterocycles. The van der Waals surface area contributed by atoms with E-state index in [1.54, 1.807) is 0 Å². The van der Waals surface area contributed by atoms with E-state index >= 15 is 0 Å². The third kappa shape index (κ3) is 3.50. The number of hydrogen-bond acceptors (Lipinski definition) is 2. The van der Waals surface area contributed by atoms with Gasteiger partial charge in [-0.3, -0.25) is 4.79 Å². The number of carbonyl (C=O) groups excluding carboxylic acids is 1. The maximum Gasteiger partial charge on any atom is 0.228 e. The molecule has 2 fully saturated rings. The first-order valence-electron chi connectivity index (χ1n) is 6.49. The van der Waals surface area contributed by atoms with E-state index in [1.807, 2.05) is 12.1 Å². The molecule has 0 bridgehead atoms. The predicted molar refractivity (Wildman–Crippen MR) is 81.3 cm³/mol. The van der Waals surface area contributed by atoms with Crippen molar-refractivity contribution in [3.05, 3.63) is 34.3 Å². The highest BCUT2D eigenvalue weighted by Crippen LogP contribution is 2.30. The fourth-order valence-electron chi connectivity index (χ4n) is 2.30. The molecule has 19 heavy (non-hydrogen) atoms. The Morgan fingerprint density at radius 1 is 1.37 bits per heavy atom. The Kier molecular flexibility index (Phi) is 4.87. The number of halogens is 2. The van der Waals surface area contributed by atoms with E-state index in [0.29, 0.717) is 11.9 Å². The highest BCUT2D eigenvalue weighted by Gasteiger charge is 2.37. The van der Waals surface area contributed by atoms with Crippen molar-refractivity contribution < 1.29 is 4.79 Å². The van der Waals surface area contributed by atoms with Crippen LogP contribution < -0.4 is 5.32 Å². The van der Waals surface area contributed by atoms with Crippen molar-refractivity contribution >= 4 is 34.2 Å². The van der Waals surface area contributed by atoms with Crippen molar-refractivity contribution in [1.82, 2.24) is 10.2 Å². The minimum absolute atomic E-state index is 0. The van der Waals surface area contributed by atoms with Crippen molar-refractivity contribution in [2.24, 2.45) is 5.92 Å². The average molecular weight is 346 g/mol. The lowest BCUT2D eigenvalue weighted by atomic mass is 10.0. The molecule has 104 valence electrons. The molecule has 3 rings (SSSR count). The number of rotatable bonds is 4. The fourth-order valence-corrected chi connectivity index (χ4v) is 2.75. The van der Waals surface area contributed by atoms with E-state index in [9.17, 15) is 4.79 Å². The van der Waals surface area contributed by atoms with E-state index in [4.69, 9.17) is 0 Å². The second-order valence-corrected chi connectivity index (χ2v) is 6.10. The van der Waals surface area contributed by atoms with Gasteiger partial charge in [0.05, 0.1) is 5.92 Å². The van der Waals surface area contributed by atoms with Crippen LogP contribution >= 0.6 is 28.3 Å². The van der Waals surface area contributed by atoms with Crippen LogP contribution in [-0.4, -0.2) is 29.9 Å². The summed E-state index contributed by atoms with van der Waals surface area (Å²) in [4.78, 5) is 14.4. The fraction of sp³-hybridized carbons (Fsp3) is 0.500. The predicted octanol–water partition coefficient (Wildman–Crippen LogP) is 2.58. The monoisotopic (exact) mass is 344 g/mol.